The smallest absolute Gasteiger partial charge is 0.264 e. The quantitative estimate of drug-likeness (QED) is 0.261. The van der Waals surface area contributed by atoms with Gasteiger partial charge in [-0.1, -0.05) is 30.3 Å². The van der Waals surface area contributed by atoms with Crippen LogP contribution in [0, 0.1) is 0 Å². The summed E-state index contributed by atoms with van der Waals surface area (Å²) in [6.45, 7) is 9.36. The highest BCUT2D eigenvalue weighted by atomic mass is 32.2. The Morgan fingerprint density at radius 3 is 2.12 bits per heavy atom. The molecule has 0 saturated carbocycles. The molecular formula is C32H41N3O5S2. The highest BCUT2D eigenvalue weighted by molar-refractivity contribution is 7.98. The topological polar surface area (TPSA) is 96.0 Å². The van der Waals surface area contributed by atoms with Crippen molar-refractivity contribution in [3.05, 3.63) is 84.4 Å². The van der Waals surface area contributed by atoms with Gasteiger partial charge in [-0.25, -0.2) is 8.42 Å². The minimum atomic E-state index is -4.14. The van der Waals surface area contributed by atoms with Crippen LogP contribution in [0.5, 0.6) is 5.75 Å². The molecule has 8 nitrogen and oxygen atoms in total. The summed E-state index contributed by atoms with van der Waals surface area (Å²) in [7, 11) is -4.14. The first-order valence-corrected chi connectivity index (χ1v) is 16.6. The number of hydrogen-bond donors (Lipinski definition) is 1. The lowest BCUT2D eigenvalue weighted by Gasteiger charge is -2.33. The van der Waals surface area contributed by atoms with E-state index in [2.05, 4.69) is 5.32 Å². The molecule has 42 heavy (non-hydrogen) atoms. The molecule has 1 N–H and O–H groups in total. The molecule has 1 atom stereocenters. The van der Waals surface area contributed by atoms with Gasteiger partial charge in [-0.05, 0) is 101 Å². The number of thioether (sulfide) groups is 1. The van der Waals surface area contributed by atoms with E-state index in [9.17, 15) is 18.0 Å². The molecule has 0 heterocycles. The molecule has 0 aliphatic rings. The van der Waals surface area contributed by atoms with Gasteiger partial charge in [-0.15, -0.1) is 11.8 Å². The van der Waals surface area contributed by atoms with E-state index in [1.54, 1.807) is 55.5 Å². The number of rotatable bonds is 13. The van der Waals surface area contributed by atoms with Crippen molar-refractivity contribution in [1.82, 2.24) is 10.2 Å². The van der Waals surface area contributed by atoms with Crippen LogP contribution in [0.1, 0.15) is 40.2 Å². The summed E-state index contributed by atoms with van der Waals surface area (Å²) in [5.74, 6) is -0.209. The molecule has 2 amide bonds. The summed E-state index contributed by atoms with van der Waals surface area (Å²) in [6, 6.07) is 22.0. The maximum absolute atomic E-state index is 14.0. The van der Waals surface area contributed by atoms with Crippen molar-refractivity contribution in [3.63, 3.8) is 0 Å². The number of nitrogens with zero attached hydrogens (tertiary/aromatic N) is 2. The van der Waals surface area contributed by atoms with Crippen molar-refractivity contribution in [3.8, 4) is 5.75 Å². The number of carbonyl (C=O) groups is 2. The molecule has 0 fully saturated rings. The lowest BCUT2D eigenvalue weighted by molar-refractivity contribution is -0.139. The Morgan fingerprint density at radius 1 is 0.952 bits per heavy atom. The predicted molar refractivity (Wildman–Crippen MR) is 170 cm³/mol. The van der Waals surface area contributed by atoms with Gasteiger partial charge in [0.05, 0.1) is 17.2 Å². The first-order chi connectivity index (χ1) is 19.9. The Bertz CT molecular complexity index is 1420. The molecule has 0 radical (unpaired) electrons. The fourth-order valence-electron chi connectivity index (χ4n) is 4.32. The summed E-state index contributed by atoms with van der Waals surface area (Å²) in [5, 5.41) is 2.94. The van der Waals surface area contributed by atoms with Gasteiger partial charge in [-0.2, -0.15) is 0 Å². The third kappa shape index (κ3) is 9.00. The lowest BCUT2D eigenvalue weighted by atomic mass is 10.1. The average molecular weight is 612 g/mol. The van der Waals surface area contributed by atoms with Gasteiger partial charge in [0, 0.05) is 17.0 Å². The summed E-state index contributed by atoms with van der Waals surface area (Å²) in [6.07, 6.45) is 2.42. The van der Waals surface area contributed by atoms with Crippen molar-refractivity contribution in [1.29, 1.82) is 0 Å². The van der Waals surface area contributed by atoms with Crippen LogP contribution in [-0.2, 0) is 26.0 Å². The molecule has 0 spiro atoms. The van der Waals surface area contributed by atoms with E-state index in [1.807, 2.05) is 64.3 Å². The van der Waals surface area contributed by atoms with Crippen LogP contribution in [0.25, 0.3) is 0 Å². The Hall–Kier alpha value is -3.50. The second-order valence-corrected chi connectivity index (χ2v) is 13.6. The molecular weight excluding hydrogens is 571 g/mol. The predicted octanol–water partition coefficient (Wildman–Crippen LogP) is 5.38. The number of hydrogen-bond acceptors (Lipinski definition) is 6. The molecule has 10 heteroatoms. The number of anilines is 1. The highest BCUT2D eigenvalue weighted by Crippen LogP contribution is 2.27. The molecule has 3 aromatic rings. The van der Waals surface area contributed by atoms with Crippen LogP contribution in [0.15, 0.2) is 88.7 Å². The molecule has 3 aromatic carbocycles. The molecule has 0 saturated heterocycles. The highest BCUT2D eigenvalue weighted by Gasteiger charge is 2.33. The first-order valence-electron chi connectivity index (χ1n) is 13.9. The van der Waals surface area contributed by atoms with Gasteiger partial charge in [0.1, 0.15) is 18.3 Å². The van der Waals surface area contributed by atoms with Crippen LogP contribution in [-0.4, -0.2) is 62.7 Å². The Labute approximate surface area is 254 Å². The molecule has 1 unspecified atom stereocenters. The summed E-state index contributed by atoms with van der Waals surface area (Å²) in [4.78, 5) is 29.7. The third-order valence-corrected chi connectivity index (χ3v) is 9.04. The van der Waals surface area contributed by atoms with Crippen molar-refractivity contribution < 1.29 is 22.7 Å². The Morgan fingerprint density at radius 2 is 1.57 bits per heavy atom. The second kappa shape index (κ2) is 14.6. The maximum atomic E-state index is 14.0. The van der Waals surface area contributed by atoms with Crippen LogP contribution in [0.2, 0.25) is 0 Å². The zero-order valence-corrected chi connectivity index (χ0v) is 26.8. The number of benzene rings is 3. The average Bonchev–Trinajstić information content (AvgIpc) is 2.96. The summed E-state index contributed by atoms with van der Waals surface area (Å²) in [5.41, 5.74) is 0.819. The standard InChI is InChI=1S/C32H41N3O5S2/c1-7-40-27-15-13-26(14-16-27)35(42(38,39)29-19-17-28(41-6)18-20-29)23-30(36)34(22-21-25-11-9-8-10-12-25)24(2)31(37)33-32(3,4)5/h8-20,24H,7,21-23H2,1-6H3,(H,33,37). The maximum Gasteiger partial charge on any atom is 0.264 e. The van der Waals surface area contributed by atoms with Crippen LogP contribution >= 0.6 is 11.8 Å². The van der Waals surface area contributed by atoms with Gasteiger partial charge in [-0.3, -0.25) is 13.9 Å². The monoisotopic (exact) mass is 611 g/mol. The summed E-state index contributed by atoms with van der Waals surface area (Å²) >= 11 is 1.51. The largest absolute Gasteiger partial charge is 0.494 e. The fourth-order valence-corrected chi connectivity index (χ4v) is 6.15. The molecule has 226 valence electrons. The fraction of sp³-hybridized carbons (Fsp3) is 0.375. The third-order valence-electron chi connectivity index (χ3n) is 6.51. The van der Waals surface area contributed by atoms with Crippen molar-refractivity contribution in [2.75, 3.05) is 30.3 Å². The SMILES string of the molecule is CCOc1ccc(N(CC(=O)N(CCc2ccccc2)C(C)C(=O)NC(C)(C)C)S(=O)(=O)c2ccc(SC)cc2)cc1. The van der Waals surface area contributed by atoms with Crippen molar-refractivity contribution in [2.45, 2.75) is 62.4 Å². The van der Waals surface area contributed by atoms with Gasteiger partial charge in [0.25, 0.3) is 10.0 Å². The number of nitrogens with one attached hydrogen (secondary N) is 1. The summed E-state index contributed by atoms with van der Waals surface area (Å²) < 4.78 is 34.7. The zero-order chi connectivity index (χ0) is 30.9. The van der Waals surface area contributed by atoms with Gasteiger partial charge < -0.3 is 15.0 Å². The lowest BCUT2D eigenvalue weighted by Crippen LogP contribution is -2.55. The zero-order valence-electron chi connectivity index (χ0n) is 25.2. The molecule has 0 bridgehead atoms. The van der Waals surface area contributed by atoms with E-state index in [1.165, 1.54) is 16.7 Å². The normalized spacial score (nSPS) is 12.3. The van der Waals surface area contributed by atoms with E-state index >= 15 is 0 Å². The minimum absolute atomic E-state index is 0.0661. The number of carbonyl (C=O) groups excluding carboxylic acids is 2. The van der Waals surface area contributed by atoms with Gasteiger partial charge >= 0.3 is 0 Å². The molecule has 0 aromatic heterocycles. The van der Waals surface area contributed by atoms with Crippen molar-refractivity contribution >= 4 is 39.3 Å². The number of sulfonamides is 1. The Kier molecular flexibility index (Phi) is 11.5. The van der Waals surface area contributed by atoms with Gasteiger partial charge in [0.2, 0.25) is 11.8 Å². The van der Waals surface area contributed by atoms with E-state index in [4.69, 9.17) is 4.74 Å². The van der Waals surface area contributed by atoms with Gasteiger partial charge in [0.15, 0.2) is 0 Å². The van der Waals surface area contributed by atoms with E-state index in [-0.39, 0.29) is 17.3 Å². The van der Waals surface area contributed by atoms with Crippen LogP contribution < -0.4 is 14.4 Å². The van der Waals surface area contributed by atoms with Crippen molar-refractivity contribution in [2.24, 2.45) is 0 Å². The number of amides is 2. The molecule has 3 rings (SSSR count). The number of ether oxygens (including phenoxy) is 1. The molecule has 0 aliphatic carbocycles. The van der Waals surface area contributed by atoms with E-state index < -0.39 is 34.1 Å². The van der Waals surface area contributed by atoms with E-state index in [0.717, 1.165) is 14.8 Å². The molecule has 0 aliphatic heterocycles. The Balaban J connectivity index is 2.00. The van der Waals surface area contributed by atoms with Crippen LogP contribution in [0.3, 0.4) is 0 Å². The van der Waals surface area contributed by atoms with E-state index in [0.29, 0.717) is 24.5 Å². The first kappa shape index (κ1) is 33.0. The minimum Gasteiger partial charge on any atom is -0.494 e. The second-order valence-electron chi connectivity index (χ2n) is 10.9. The van der Waals surface area contributed by atoms with Crippen LogP contribution in [0.4, 0.5) is 5.69 Å².